The van der Waals surface area contributed by atoms with E-state index in [0.29, 0.717) is 12.5 Å². The second-order valence-electron chi connectivity index (χ2n) is 6.22. The van der Waals surface area contributed by atoms with Crippen molar-refractivity contribution >= 4 is 0 Å². The number of aryl methyl sites for hydroxylation is 1. The minimum Gasteiger partial charge on any atom is -0.389 e. The molecule has 3 heteroatoms. The standard InChI is InChI=1S/C16H28N2O/c1-3-9-18-10-5-7-15(18)12-17-13-16(19)8-4-6-14(2)11-16/h5,7,10,14,17,19H,3-4,6,8-9,11-13H2,1-2H3. The van der Waals surface area contributed by atoms with E-state index >= 15 is 0 Å². The van der Waals surface area contributed by atoms with E-state index in [9.17, 15) is 5.11 Å². The lowest BCUT2D eigenvalue weighted by Crippen LogP contribution is -2.44. The van der Waals surface area contributed by atoms with Crippen LogP contribution >= 0.6 is 0 Å². The topological polar surface area (TPSA) is 37.2 Å². The lowest BCUT2D eigenvalue weighted by atomic mass is 9.79. The zero-order valence-electron chi connectivity index (χ0n) is 12.4. The Balaban J connectivity index is 1.80. The molecule has 1 aromatic heterocycles. The van der Waals surface area contributed by atoms with Crippen LogP contribution in [-0.2, 0) is 13.1 Å². The quantitative estimate of drug-likeness (QED) is 0.829. The summed E-state index contributed by atoms with van der Waals surface area (Å²) in [6, 6.07) is 4.26. The third-order valence-electron chi connectivity index (χ3n) is 4.22. The number of aliphatic hydroxyl groups is 1. The first kappa shape index (κ1) is 14.6. The van der Waals surface area contributed by atoms with E-state index in [1.165, 1.54) is 12.1 Å². The summed E-state index contributed by atoms with van der Waals surface area (Å²) >= 11 is 0. The van der Waals surface area contributed by atoms with Gasteiger partial charge in [-0.1, -0.05) is 26.7 Å². The molecule has 0 amide bonds. The zero-order valence-corrected chi connectivity index (χ0v) is 12.4. The van der Waals surface area contributed by atoms with E-state index in [1.807, 2.05) is 0 Å². The van der Waals surface area contributed by atoms with Crippen LogP contribution in [0.5, 0.6) is 0 Å². The average molecular weight is 264 g/mol. The summed E-state index contributed by atoms with van der Waals surface area (Å²) in [7, 11) is 0. The van der Waals surface area contributed by atoms with Gasteiger partial charge in [0.05, 0.1) is 5.60 Å². The second-order valence-corrected chi connectivity index (χ2v) is 6.22. The van der Waals surface area contributed by atoms with Crippen molar-refractivity contribution in [2.45, 2.75) is 64.6 Å². The third-order valence-corrected chi connectivity index (χ3v) is 4.22. The number of hydrogen-bond donors (Lipinski definition) is 2. The maximum Gasteiger partial charge on any atom is 0.0774 e. The van der Waals surface area contributed by atoms with Crippen molar-refractivity contribution < 1.29 is 5.11 Å². The molecule has 2 rings (SSSR count). The zero-order chi connectivity index (χ0) is 13.7. The summed E-state index contributed by atoms with van der Waals surface area (Å²) < 4.78 is 2.29. The molecular weight excluding hydrogens is 236 g/mol. The van der Waals surface area contributed by atoms with E-state index in [0.717, 1.165) is 38.8 Å². The van der Waals surface area contributed by atoms with Crippen LogP contribution in [0.1, 0.15) is 51.6 Å². The van der Waals surface area contributed by atoms with Crippen molar-refractivity contribution in [3.8, 4) is 0 Å². The lowest BCUT2D eigenvalue weighted by molar-refractivity contribution is -0.0120. The summed E-state index contributed by atoms with van der Waals surface area (Å²) in [6.45, 7) is 7.09. The van der Waals surface area contributed by atoms with E-state index in [1.54, 1.807) is 0 Å². The van der Waals surface area contributed by atoms with E-state index in [2.05, 4.69) is 42.1 Å². The normalized spacial score (nSPS) is 27.6. The molecular formula is C16H28N2O. The first-order chi connectivity index (χ1) is 9.13. The Bertz CT molecular complexity index is 388. The van der Waals surface area contributed by atoms with Gasteiger partial charge in [-0.3, -0.25) is 0 Å². The highest BCUT2D eigenvalue weighted by Gasteiger charge is 2.31. The highest BCUT2D eigenvalue weighted by atomic mass is 16.3. The third kappa shape index (κ3) is 4.08. The summed E-state index contributed by atoms with van der Waals surface area (Å²) in [4.78, 5) is 0. The molecule has 0 aromatic carbocycles. The van der Waals surface area contributed by atoms with Crippen molar-refractivity contribution in [3.63, 3.8) is 0 Å². The Hall–Kier alpha value is -0.800. The molecule has 0 bridgehead atoms. The van der Waals surface area contributed by atoms with Crippen molar-refractivity contribution in [3.05, 3.63) is 24.0 Å². The molecule has 0 aliphatic heterocycles. The van der Waals surface area contributed by atoms with Crippen LogP contribution in [0, 0.1) is 5.92 Å². The molecule has 1 saturated carbocycles. The molecule has 2 atom stereocenters. The van der Waals surface area contributed by atoms with Gasteiger partial charge in [-0.25, -0.2) is 0 Å². The first-order valence-corrected chi connectivity index (χ1v) is 7.70. The molecule has 3 nitrogen and oxygen atoms in total. The van der Waals surface area contributed by atoms with Gasteiger partial charge < -0.3 is 15.0 Å². The highest BCUT2D eigenvalue weighted by molar-refractivity contribution is 5.07. The van der Waals surface area contributed by atoms with Gasteiger partial charge in [-0.05, 0) is 37.3 Å². The monoisotopic (exact) mass is 264 g/mol. The number of rotatable bonds is 6. The minimum absolute atomic E-state index is 0.486. The minimum atomic E-state index is -0.486. The fourth-order valence-corrected chi connectivity index (χ4v) is 3.29. The Kier molecular flexibility index (Phi) is 5.06. The Morgan fingerprint density at radius 2 is 2.37 bits per heavy atom. The van der Waals surface area contributed by atoms with Crippen molar-refractivity contribution in [1.29, 1.82) is 0 Å². The Morgan fingerprint density at radius 3 is 3.11 bits per heavy atom. The van der Waals surface area contributed by atoms with Crippen molar-refractivity contribution in [2.75, 3.05) is 6.54 Å². The molecule has 19 heavy (non-hydrogen) atoms. The lowest BCUT2D eigenvalue weighted by Gasteiger charge is -2.35. The maximum absolute atomic E-state index is 10.6. The molecule has 1 aliphatic rings. The van der Waals surface area contributed by atoms with Gasteiger partial charge in [-0.15, -0.1) is 0 Å². The largest absolute Gasteiger partial charge is 0.389 e. The first-order valence-electron chi connectivity index (χ1n) is 7.70. The summed E-state index contributed by atoms with van der Waals surface area (Å²) in [5, 5.41) is 14.0. The SMILES string of the molecule is CCCn1cccc1CNCC1(O)CCCC(C)C1. The van der Waals surface area contributed by atoms with Gasteiger partial charge >= 0.3 is 0 Å². The number of nitrogens with one attached hydrogen (secondary N) is 1. The van der Waals surface area contributed by atoms with Crippen molar-refractivity contribution in [1.82, 2.24) is 9.88 Å². The number of aromatic nitrogens is 1. The van der Waals surface area contributed by atoms with E-state index in [-0.39, 0.29) is 0 Å². The Labute approximate surface area is 117 Å². The van der Waals surface area contributed by atoms with Gasteiger partial charge in [0.15, 0.2) is 0 Å². The second kappa shape index (κ2) is 6.58. The molecule has 0 radical (unpaired) electrons. The smallest absolute Gasteiger partial charge is 0.0774 e. The summed E-state index contributed by atoms with van der Waals surface area (Å²) in [5.74, 6) is 0.657. The van der Waals surface area contributed by atoms with Crippen LogP contribution in [0.15, 0.2) is 18.3 Å². The van der Waals surface area contributed by atoms with Crippen molar-refractivity contribution in [2.24, 2.45) is 5.92 Å². The van der Waals surface area contributed by atoms with E-state index < -0.39 is 5.60 Å². The van der Waals surface area contributed by atoms with Gasteiger partial charge in [0.25, 0.3) is 0 Å². The molecule has 1 fully saturated rings. The molecule has 1 aliphatic carbocycles. The fraction of sp³-hybridized carbons (Fsp3) is 0.750. The number of nitrogens with zero attached hydrogens (tertiary/aromatic N) is 1. The van der Waals surface area contributed by atoms with Crippen LogP contribution < -0.4 is 5.32 Å². The summed E-state index contributed by atoms with van der Waals surface area (Å²) in [5.41, 5.74) is 0.828. The molecule has 2 N–H and O–H groups in total. The predicted octanol–water partition coefficient (Wildman–Crippen LogP) is 2.93. The van der Waals surface area contributed by atoms with Crippen LogP contribution in [-0.4, -0.2) is 21.8 Å². The van der Waals surface area contributed by atoms with Crippen LogP contribution in [0.2, 0.25) is 0 Å². The highest BCUT2D eigenvalue weighted by Crippen LogP contribution is 2.31. The number of hydrogen-bond acceptors (Lipinski definition) is 2. The molecule has 0 spiro atoms. The van der Waals surface area contributed by atoms with E-state index in [4.69, 9.17) is 0 Å². The molecule has 108 valence electrons. The summed E-state index contributed by atoms with van der Waals surface area (Å²) in [6.07, 6.45) is 7.60. The van der Waals surface area contributed by atoms with Gasteiger partial charge in [0.1, 0.15) is 0 Å². The van der Waals surface area contributed by atoms with Crippen LogP contribution in [0.4, 0.5) is 0 Å². The van der Waals surface area contributed by atoms with Gasteiger partial charge in [-0.2, -0.15) is 0 Å². The molecule has 1 heterocycles. The Morgan fingerprint density at radius 1 is 1.53 bits per heavy atom. The molecule has 2 unspecified atom stereocenters. The molecule has 0 saturated heterocycles. The average Bonchev–Trinajstić information content (AvgIpc) is 2.77. The predicted molar refractivity (Wildman–Crippen MR) is 79.0 cm³/mol. The van der Waals surface area contributed by atoms with Crippen LogP contribution in [0.3, 0.4) is 0 Å². The van der Waals surface area contributed by atoms with Crippen LogP contribution in [0.25, 0.3) is 0 Å². The van der Waals surface area contributed by atoms with Gasteiger partial charge in [0, 0.05) is 31.5 Å². The maximum atomic E-state index is 10.6. The fourth-order valence-electron chi connectivity index (χ4n) is 3.29. The van der Waals surface area contributed by atoms with Gasteiger partial charge in [0.2, 0.25) is 0 Å². The molecule has 1 aromatic rings.